The first-order valence-electron chi connectivity index (χ1n) is 4.41. The summed E-state index contributed by atoms with van der Waals surface area (Å²) in [5.74, 6) is 0. The van der Waals surface area contributed by atoms with Crippen molar-refractivity contribution in [2.24, 2.45) is 0 Å². The Morgan fingerprint density at radius 2 is 2.20 bits per heavy atom. The molecule has 0 spiro atoms. The highest BCUT2D eigenvalue weighted by atomic mass is 16.6. The smallest absolute Gasteiger partial charge is 0.236 e. The van der Waals surface area contributed by atoms with Crippen molar-refractivity contribution in [2.75, 3.05) is 0 Å². The van der Waals surface area contributed by atoms with E-state index in [0.29, 0.717) is 11.4 Å². The molecule has 0 saturated carbocycles. The molecule has 1 aromatic heterocycles. The number of aliphatic hydroxyl groups is 1. The predicted octanol–water partition coefficient (Wildman–Crippen LogP) is 1.56. The molecular weight excluding hydrogens is 196 g/mol. The van der Waals surface area contributed by atoms with Gasteiger partial charge in [-0.25, -0.2) is 0 Å². The SMILES string of the molecule is CC(C)(O)c1cccc(/C=C/[N+](=O)[O-])n1. The van der Waals surface area contributed by atoms with E-state index in [-0.39, 0.29) is 0 Å². The molecule has 5 nitrogen and oxygen atoms in total. The van der Waals surface area contributed by atoms with Gasteiger partial charge in [0.2, 0.25) is 6.20 Å². The van der Waals surface area contributed by atoms with Crippen LogP contribution in [0.3, 0.4) is 0 Å². The number of aromatic nitrogens is 1. The van der Waals surface area contributed by atoms with Gasteiger partial charge in [0, 0.05) is 6.08 Å². The van der Waals surface area contributed by atoms with Crippen molar-refractivity contribution in [3.8, 4) is 0 Å². The lowest BCUT2D eigenvalue weighted by Crippen LogP contribution is -2.17. The molecular formula is C10H12N2O3. The van der Waals surface area contributed by atoms with E-state index in [1.54, 1.807) is 32.0 Å². The third kappa shape index (κ3) is 3.47. The van der Waals surface area contributed by atoms with Crippen molar-refractivity contribution in [1.29, 1.82) is 0 Å². The molecule has 0 fully saturated rings. The monoisotopic (exact) mass is 208 g/mol. The molecule has 0 aliphatic heterocycles. The molecule has 0 atom stereocenters. The third-order valence-corrected chi connectivity index (χ3v) is 1.76. The fraction of sp³-hybridized carbons (Fsp3) is 0.300. The average Bonchev–Trinajstić information content (AvgIpc) is 2.14. The molecule has 1 N–H and O–H groups in total. The second-order valence-electron chi connectivity index (χ2n) is 3.61. The topological polar surface area (TPSA) is 76.3 Å². The van der Waals surface area contributed by atoms with Gasteiger partial charge in [-0.3, -0.25) is 15.1 Å². The maximum atomic E-state index is 10.1. The molecule has 1 rings (SSSR count). The molecule has 0 unspecified atom stereocenters. The summed E-state index contributed by atoms with van der Waals surface area (Å²) in [6.45, 7) is 3.21. The first kappa shape index (κ1) is 11.3. The first-order valence-corrected chi connectivity index (χ1v) is 4.41. The van der Waals surface area contributed by atoms with E-state index in [0.717, 1.165) is 6.20 Å². The van der Waals surface area contributed by atoms with Crippen LogP contribution in [0.25, 0.3) is 6.08 Å². The van der Waals surface area contributed by atoms with Crippen LogP contribution in [0.2, 0.25) is 0 Å². The highest BCUT2D eigenvalue weighted by Crippen LogP contribution is 2.17. The van der Waals surface area contributed by atoms with Crippen LogP contribution < -0.4 is 0 Å². The van der Waals surface area contributed by atoms with Crippen LogP contribution in [0.1, 0.15) is 25.2 Å². The first-order chi connectivity index (χ1) is 6.89. The highest BCUT2D eigenvalue weighted by Gasteiger charge is 2.17. The summed E-state index contributed by atoms with van der Waals surface area (Å²) in [6.07, 6.45) is 2.10. The van der Waals surface area contributed by atoms with E-state index in [1.165, 1.54) is 6.08 Å². The van der Waals surface area contributed by atoms with Crippen LogP contribution in [0, 0.1) is 10.1 Å². The lowest BCUT2D eigenvalue weighted by Gasteiger charge is -2.16. The van der Waals surface area contributed by atoms with E-state index in [4.69, 9.17) is 0 Å². The van der Waals surface area contributed by atoms with Crippen LogP contribution in [0.4, 0.5) is 0 Å². The minimum atomic E-state index is -1.04. The Balaban J connectivity index is 2.98. The summed E-state index contributed by atoms with van der Waals surface area (Å²) in [4.78, 5) is 13.6. The second kappa shape index (κ2) is 4.18. The molecule has 0 aliphatic carbocycles. The molecule has 80 valence electrons. The molecule has 0 saturated heterocycles. The number of rotatable bonds is 3. The largest absolute Gasteiger partial charge is 0.384 e. The second-order valence-corrected chi connectivity index (χ2v) is 3.61. The van der Waals surface area contributed by atoms with Gasteiger partial charge < -0.3 is 5.11 Å². The Labute approximate surface area is 87.2 Å². The van der Waals surface area contributed by atoms with Gasteiger partial charge in [0.1, 0.15) is 5.60 Å². The molecule has 0 aliphatic rings. The maximum Gasteiger partial charge on any atom is 0.236 e. The summed E-state index contributed by atoms with van der Waals surface area (Å²) in [7, 11) is 0. The zero-order valence-corrected chi connectivity index (χ0v) is 8.54. The molecule has 0 amide bonds. The quantitative estimate of drug-likeness (QED) is 0.604. The molecule has 15 heavy (non-hydrogen) atoms. The van der Waals surface area contributed by atoms with E-state index in [1.807, 2.05) is 0 Å². The Morgan fingerprint density at radius 3 is 2.73 bits per heavy atom. The zero-order chi connectivity index (χ0) is 11.5. The Hall–Kier alpha value is -1.75. The fourth-order valence-electron chi connectivity index (χ4n) is 1.02. The lowest BCUT2D eigenvalue weighted by molar-refractivity contribution is -0.401. The average molecular weight is 208 g/mol. The Kier molecular flexibility index (Phi) is 3.16. The van der Waals surface area contributed by atoms with Crippen molar-refractivity contribution < 1.29 is 10.0 Å². The molecule has 1 heterocycles. The van der Waals surface area contributed by atoms with Gasteiger partial charge in [-0.1, -0.05) is 6.07 Å². The van der Waals surface area contributed by atoms with Gasteiger partial charge in [0.05, 0.1) is 16.3 Å². The molecule has 1 aromatic rings. The number of hydrogen-bond acceptors (Lipinski definition) is 4. The van der Waals surface area contributed by atoms with Gasteiger partial charge in [-0.15, -0.1) is 0 Å². The van der Waals surface area contributed by atoms with Crippen molar-refractivity contribution in [2.45, 2.75) is 19.4 Å². The summed E-state index contributed by atoms with van der Waals surface area (Å²) < 4.78 is 0. The van der Waals surface area contributed by atoms with Crippen molar-refractivity contribution >= 4 is 6.08 Å². The van der Waals surface area contributed by atoms with Crippen molar-refractivity contribution in [3.63, 3.8) is 0 Å². The summed E-state index contributed by atoms with van der Waals surface area (Å²) in [6, 6.07) is 5.00. The number of nitrogens with zero attached hydrogens (tertiary/aromatic N) is 2. The van der Waals surface area contributed by atoms with Gasteiger partial charge in [-0.05, 0) is 26.0 Å². The number of hydrogen-bond donors (Lipinski definition) is 1. The van der Waals surface area contributed by atoms with Crippen LogP contribution in [-0.4, -0.2) is 15.0 Å². The number of pyridine rings is 1. The van der Waals surface area contributed by atoms with E-state index in [9.17, 15) is 15.2 Å². The maximum absolute atomic E-state index is 10.1. The Bertz CT molecular complexity index is 394. The van der Waals surface area contributed by atoms with Gasteiger partial charge in [0.25, 0.3) is 0 Å². The van der Waals surface area contributed by atoms with Crippen LogP contribution in [0.5, 0.6) is 0 Å². The fourth-order valence-corrected chi connectivity index (χ4v) is 1.02. The van der Waals surface area contributed by atoms with E-state index in [2.05, 4.69) is 4.98 Å². The van der Waals surface area contributed by atoms with E-state index >= 15 is 0 Å². The summed E-state index contributed by atoms with van der Waals surface area (Å²) in [5, 5.41) is 19.8. The molecule has 0 radical (unpaired) electrons. The number of nitro groups is 1. The van der Waals surface area contributed by atoms with Crippen LogP contribution >= 0.6 is 0 Å². The predicted molar refractivity (Wildman–Crippen MR) is 55.5 cm³/mol. The van der Waals surface area contributed by atoms with Crippen LogP contribution in [0.15, 0.2) is 24.4 Å². The van der Waals surface area contributed by atoms with Gasteiger partial charge in [0.15, 0.2) is 0 Å². The van der Waals surface area contributed by atoms with Crippen molar-refractivity contribution in [1.82, 2.24) is 4.98 Å². The minimum absolute atomic E-state index is 0.450. The minimum Gasteiger partial charge on any atom is -0.384 e. The third-order valence-electron chi connectivity index (χ3n) is 1.76. The van der Waals surface area contributed by atoms with Crippen molar-refractivity contribution in [3.05, 3.63) is 45.9 Å². The zero-order valence-electron chi connectivity index (χ0n) is 8.54. The van der Waals surface area contributed by atoms with E-state index < -0.39 is 10.5 Å². The summed E-state index contributed by atoms with van der Waals surface area (Å²) >= 11 is 0. The lowest BCUT2D eigenvalue weighted by atomic mass is 10.0. The standard InChI is InChI=1S/C10H12N2O3/c1-10(2,13)9-5-3-4-8(11-9)6-7-12(14)15/h3-7,13H,1-2H3/b7-6+. The normalized spacial score (nSPS) is 11.9. The van der Waals surface area contributed by atoms with Gasteiger partial charge >= 0.3 is 0 Å². The van der Waals surface area contributed by atoms with Gasteiger partial charge in [-0.2, -0.15) is 0 Å². The molecule has 0 aromatic carbocycles. The molecule has 0 bridgehead atoms. The highest BCUT2D eigenvalue weighted by molar-refractivity contribution is 5.43. The molecule has 5 heteroatoms. The van der Waals surface area contributed by atoms with Crippen LogP contribution in [-0.2, 0) is 5.60 Å². The summed E-state index contributed by atoms with van der Waals surface area (Å²) in [5.41, 5.74) is -0.113. The Morgan fingerprint density at radius 1 is 1.53 bits per heavy atom.